The summed E-state index contributed by atoms with van der Waals surface area (Å²) in [6.45, 7) is 0. The fourth-order valence-electron chi connectivity index (χ4n) is 2.77. The molecule has 0 fully saturated rings. The monoisotopic (exact) mass is 314 g/mol. The molecule has 1 heterocycles. The van der Waals surface area contributed by atoms with E-state index in [2.05, 4.69) is 12.6 Å². The molecule has 0 saturated carbocycles. The van der Waals surface area contributed by atoms with Crippen LogP contribution in [0.4, 0.5) is 21.0 Å². The molecule has 0 aliphatic carbocycles. The zero-order valence-corrected chi connectivity index (χ0v) is 12.5. The number of ether oxygens (including phenoxy) is 1. The number of nitrogens with zero attached hydrogens (tertiary/aromatic N) is 1. The number of rotatable bonds is 1. The molecule has 3 rings (SSSR count). The molecule has 2 aromatic rings. The van der Waals surface area contributed by atoms with E-state index in [1.54, 1.807) is 6.07 Å². The third kappa shape index (κ3) is 2.53. The van der Waals surface area contributed by atoms with Crippen LogP contribution in [-0.2, 0) is 11.2 Å². The molecule has 22 heavy (non-hydrogen) atoms. The van der Waals surface area contributed by atoms with Crippen molar-refractivity contribution >= 4 is 35.3 Å². The van der Waals surface area contributed by atoms with Crippen molar-refractivity contribution in [3.8, 4) is 0 Å². The first-order chi connectivity index (χ1) is 10.6. The van der Waals surface area contributed by atoms with Gasteiger partial charge in [-0.1, -0.05) is 49.0 Å². The molecule has 0 unspecified atom stereocenters. The Morgan fingerprint density at radius 2 is 1.73 bits per heavy atom. The Bertz CT molecular complexity index is 748. The van der Waals surface area contributed by atoms with Crippen molar-refractivity contribution in [3.05, 3.63) is 59.7 Å². The van der Waals surface area contributed by atoms with Gasteiger partial charge in [0.25, 0.3) is 0 Å². The van der Waals surface area contributed by atoms with Gasteiger partial charge in [-0.05, 0) is 17.7 Å². The van der Waals surface area contributed by atoms with Crippen molar-refractivity contribution in [3.63, 3.8) is 0 Å². The van der Waals surface area contributed by atoms with Crippen LogP contribution in [0.1, 0.15) is 17.2 Å². The molecule has 1 atom stereocenters. The summed E-state index contributed by atoms with van der Waals surface area (Å²) in [5, 5.41) is -0.662. The minimum Gasteiger partial charge on any atom is -0.449 e. The summed E-state index contributed by atoms with van der Waals surface area (Å²) in [6, 6.07) is 14.1. The molecule has 5 nitrogen and oxygen atoms in total. The molecule has 0 bridgehead atoms. The average molecular weight is 314 g/mol. The van der Waals surface area contributed by atoms with Crippen LogP contribution >= 0.6 is 12.6 Å². The number of thiol groups is 1. The van der Waals surface area contributed by atoms with E-state index in [-0.39, 0.29) is 0 Å². The quantitative estimate of drug-likeness (QED) is 0.624. The number of amides is 2. The summed E-state index contributed by atoms with van der Waals surface area (Å²) in [6.07, 6.45) is -0.0739. The summed E-state index contributed by atoms with van der Waals surface area (Å²) in [5.74, 6) is 0. The third-order valence-corrected chi connectivity index (χ3v) is 3.73. The summed E-state index contributed by atoms with van der Waals surface area (Å²) < 4.78 is 5.33. The Balaban J connectivity index is 2.23. The Kier molecular flexibility index (Phi) is 3.77. The molecule has 1 aliphatic heterocycles. The van der Waals surface area contributed by atoms with Crippen molar-refractivity contribution < 1.29 is 14.3 Å². The van der Waals surface area contributed by atoms with Gasteiger partial charge >= 0.3 is 11.3 Å². The fourth-order valence-corrected chi connectivity index (χ4v) is 2.90. The lowest BCUT2D eigenvalue weighted by Gasteiger charge is -2.23. The van der Waals surface area contributed by atoms with Gasteiger partial charge in [-0.15, -0.1) is 0 Å². The first-order valence-corrected chi connectivity index (χ1v) is 7.18. The smallest absolute Gasteiger partial charge is 0.364 e. The standard InChI is InChI=1S/C16H14N2O3S/c17-15(19)18-12-7-3-1-5-10(12)9-14(21-16(20)22)11-6-2-4-8-13(11)18/h1-8,14H,9H2,(H2,17,19)(H,20,22)/t14-/m1/s1. The van der Waals surface area contributed by atoms with Gasteiger partial charge in [0, 0.05) is 12.0 Å². The highest BCUT2D eigenvalue weighted by molar-refractivity contribution is 7.96. The van der Waals surface area contributed by atoms with Crippen molar-refractivity contribution in [2.24, 2.45) is 5.73 Å². The number of para-hydroxylation sites is 2. The molecule has 112 valence electrons. The van der Waals surface area contributed by atoms with Crippen LogP contribution in [0.15, 0.2) is 48.5 Å². The van der Waals surface area contributed by atoms with Crippen LogP contribution in [0.25, 0.3) is 0 Å². The van der Waals surface area contributed by atoms with Gasteiger partial charge in [0.1, 0.15) is 6.10 Å². The Morgan fingerprint density at radius 3 is 2.41 bits per heavy atom. The van der Waals surface area contributed by atoms with Crippen molar-refractivity contribution in [1.29, 1.82) is 0 Å². The minimum atomic E-state index is -0.662. The maximum absolute atomic E-state index is 12.0. The average Bonchev–Trinajstić information content (AvgIpc) is 2.61. The molecule has 0 aromatic heterocycles. The highest BCUT2D eigenvalue weighted by atomic mass is 32.1. The minimum absolute atomic E-state index is 0.448. The zero-order valence-electron chi connectivity index (χ0n) is 11.6. The van der Waals surface area contributed by atoms with E-state index in [0.717, 1.165) is 11.1 Å². The molecular weight excluding hydrogens is 300 g/mol. The second kappa shape index (κ2) is 5.73. The van der Waals surface area contributed by atoms with Crippen molar-refractivity contribution in [2.75, 3.05) is 4.90 Å². The van der Waals surface area contributed by atoms with E-state index in [1.165, 1.54) is 4.90 Å². The van der Waals surface area contributed by atoms with Gasteiger partial charge in [0.2, 0.25) is 0 Å². The van der Waals surface area contributed by atoms with Crippen LogP contribution in [0.5, 0.6) is 0 Å². The molecule has 2 aromatic carbocycles. The van der Waals surface area contributed by atoms with Crippen LogP contribution in [0.3, 0.4) is 0 Å². The zero-order chi connectivity index (χ0) is 15.7. The highest BCUT2D eigenvalue weighted by Gasteiger charge is 2.30. The maximum Gasteiger partial charge on any atom is 0.364 e. The molecule has 1 aliphatic rings. The summed E-state index contributed by atoms with van der Waals surface area (Å²) in [5.41, 5.74) is 8.48. The van der Waals surface area contributed by atoms with Gasteiger partial charge in [-0.3, -0.25) is 4.90 Å². The molecule has 0 radical (unpaired) electrons. The topological polar surface area (TPSA) is 72.6 Å². The number of benzene rings is 2. The van der Waals surface area contributed by atoms with Gasteiger partial charge in [0.15, 0.2) is 0 Å². The lowest BCUT2D eigenvalue weighted by Crippen LogP contribution is -2.32. The Hall–Kier alpha value is -2.47. The van der Waals surface area contributed by atoms with E-state index in [4.69, 9.17) is 10.5 Å². The number of urea groups is 1. The predicted octanol–water partition coefficient (Wildman–Crippen LogP) is 3.57. The van der Waals surface area contributed by atoms with Gasteiger partial charge in [-0.25, -0.2) is 9.59 Å². The number of fused-ring (bicyclic) bond motifs is 2. The summed E-state index contributed by atoms with van der Waals surface area (Å²) >= 11 is 3.70. The maximum atomic E-state index is 12.0. The van der Waals surface area contributed by atoms with Gasteiger partial charge < -0.3 is 10.5 Å². The number of hydrogen-bond donors (Lipinski definition) is 2. The van der Waals surface area contributed by atoms with E-state index in [0.29, 0.717) is 17.8 Å². The van der Waals surface area contributed by atoms with Crippen molar-refractivity contribution in [1.82, 2.24) is 0 Å². The number of carbonyl (C=O) groups is 2. The van der Waals surface area contributed by atoms with Crippen LogP contribution in [-0.4, -0.2) is 11.3 Å². The first kappa shape index (κ1) is 14.5. The van der Waals surface area contributed by atoms with Gasteiger partial charge in [0.05, 0.1) is 11.4 Å². The Morgan fingerprint density at radius 1 is 1.09 bits per heavy atom. The Labute approximate surface area is 133 Å². The normalized spacial score (nSPS) is 16.2. The van der Waals surface area contributed by atoms with Crippen LogP contribution in [0.2, 0.25) is 0 Å². The largest absolute Gasteiger partial charge is 0.449 e. The highest BCUT2D eigenvalue weighted by Crippen LogP contribution is 2.41. The predicted molar refractivity (Wildman–Crippen MR) is 86.5 cm³/mol. The first-order valence-electron chi connectivity index (χ1n) is 6.74. The third-order valence-electron chi connectivity index (χ3n) is 3.63. The molecule has 2 amide bonds. The van der Waals surface area contributed by atoms with E-state index < -0.39 is 17.4 Å². The lowest BCUT2D eigenvalue weighted by atomic mass is 10.0. The lowest BCUT2D eigenvalue weighted by molar-refractivity contribution is 0.124. The summed E-state index contributed by atoms with van der Waals surface area (Å²) in [4.78, 5) is 24.7. The second-order valence-corrected chi connectivity index (χ2v) is 5.30. The van der Waals surface area contributed by atoms with Crippen LogP contribution < -0.4 is 10.6 Å². The molecular formula is C16H14N2O3S. The van der Waals surface area contributed by atoms with Crippen molar-refractivity contribution in [2.45, 2.75) is 12.5 Å². The molecule has 0 saturated heterocycles. The van der Waals surface area contributed by atoms with Gasteiger partial charge in [-0.2, -0.15) is 0 Å². The molecule has 0 spiro atoms. The van der Waals surface area contributed by atoms with E-state index >= 15 is 0 Å². The molecule has 2 N–H and O–H groups in total. The number of primary amides is 1. The van der Waals surface area contributed by atoms with E-state index in [1.807, 2.05) is 42.5 Å². The number of carbonyl (C=O) groups excluding carboxylic acids is 2. The number of hydrogen-bond acceptors (Lipinski definition) is 3. The van der Waals surface area contributed by atoms with E-state index in [9.17, 15) is 9.59 Å². The fraction of sp³-hybridized carbons (Fsp3) is 0.125. The number of nitrogens with two attached hydrogens (primary N) is 1. The van der Waals surface area contributed by atoms with Crippen LogP contribution in [0, 0.1) is 0 Å². The summed E-state index contributed by atoms with van der Waals surface area (Å²) in [7, 11) is 0. The SMILES string of the molecule is NC(=O)N1c2ccccc2C[C@@H](OC(=O)S)c2ccccc21. The molecule has 6 heteroatoms. The number of anilines is 2. The second-order valence-electron chi connectivity index (χ2n) is 4.94.